The number of benzene rings is 2. The maximum Gasteiger partial charge on any atom is 0.323 e. The fourth-order valence-corrected chi connectivity index (χ4v) is 2.76. The highest BCUT2D eigenvalue weighted by atomic mass is 16.5. The molecular formula is C22H20N6O3. The molecule has 0 aliphatic carbocycles. The summed E-state index contributed by atoms with van der Waals surface area (Å²) in [5.74, 6) is 2.18. The second kappa shape index (κ2) is 9.40. The average molecular weight is 416 g/mol. The van der Waals surface area contributed by atoms with E-state index < -0.39 is 0 Å². The number of ether oxygens (including phenoxy) is 2. The van der Waals surface area contributed by atoms with E-state index in [1.165, 1.54) is 0 Å². The van der Waals surface area contributed by atoms with Crippen LogP contribution in [-0.2, 0) is 0 Å². The lowest BCUT2D eigenvalue weighted by Gasteiger charge is -2.12. The van der Waals surface area contributed by atoms with Crippen LogP contribution >= 0.6 is 0 Å². The van der Waals surface area contributed by atoms with Crippen LogP contribution in [0.15, 0.2) is 79.4 Å². The molecule has 0 saturated heterocycles. The molecule has 156 valence electrons. The number of aromatic nitrogens is 4. The van der Waals surface area contributed by atoms with E-state index in [1.807, 2.05) is 19.1 Å². The van der Waals surface area contributed by atoms with Gasteiger partial charge in [0.25, 0.3) is 0 Å². The SMILES string of the molecule is CCOc1ccccc1NC(=O)Nc1ccc(Oc2ccc(-n3ccnc3)nn2)cc1. The lowest BCUT2D eigenvalue weighted by atomic mass is 10.3. The average Bonchev–Trinajstić information content (AvgIpc) is 3.32. The molecule has 9 heteroatoms. The van der Waals surface area contributed by atoms with Crippen LogP contribution in [0.5, 0.6) is 17.4 Å². The highest BCUT2D eigenvalue weighted by Gasteiger charge is 2.08. The molecule has 0 saturated carbocycles. The Morgan fingerprint density at radius 2 is 1.84 bits per heavy atom. The molecule has 31 heavy (non-hydrogen) atoms. The van der Waals surface area contributed by atoms with Crippen molar-refractivity contribution in [3.63, 3.8) is 0 Å². The van der Waals surface area contributed by atoms with Gasteiger partial charge in [-0.2, -0.15) is 0 Å². The molecule has 2 heterocycles. The number of hydrogen-bond donors (Lipinski definition) is 2. The van der Waals surface area contributed by atoms with Gasteiger partial charge in [0.05, 0.1) is 12.3 Å². The first-order valence-electron chi connectivity index (χ1n) is 9.61. The van der Waals surface area contributed by atoms with E-state index in [2.05, 4.69) is 25.8 Å². The predicted molar refractivity (Wildman–Crippen MR) is 116 cm³/mol. The van der Waals surface area contributed by atoms with Gasteiger partial charge in [0.15, 0.2) is 5.82 Å². The number of hydrogen-bond acceptors (Lipinski definition) is 6. The van der Waals surface area contributed by atoms with Crippen molar-refractivity contribution in [3.05, 3.63) is 79.4 Å². The Bertz CT molecular complexity index is 1130. The summed E-state index contributed by atoms with van der Waals surface area (Å²) in [5.41, 5.74) is 1.21. The summed E-state index contributed by atoms with van der Waals surface area (Å²) >= 11 is 0. The van der Waals surface area contributed by atoms with E-state index in [9.17, 15) is 4.79 Å². The van der Waals surface area contributed by atoms with Gasteiger partial charge in [-0.3, -0.25) is 4.57 Å². The highest BCUT2D eigenvalue weighted by molar-refractivity contribution is 6.00. The molecular weight excluding hydrogens is 396 g/mol. The molecule has 0 aliphatic heterocycles. The fourth-order valence-electron chi connectivity index (χ4n) is 2.76. The number of rotatable bonds is 7. The number of imidazole rings is 1. The van der Waals surface area contributed by atoms with Crippen LogP contribution in [0.1, 0.15) is 6.92 Å². The zero-order valence-corrected chi connectivity index (χ0v) is 16.7. The number of nitrogens with one attached hydrogen (secondary N) is 2. The number of amides is 2. The van der Waals surface area contributed by atoms with Crippen molar-refractivity contribution >= 4 is 17.4 Å². The van der Waals surface area contributed by atoms with Crippen LogP contribution in [-0.4, -0.2) is 32.4 Å². The Kier molecular flexibility index (Phi) is 6.03. The second-order valence-corrected chi connectivity index (χ2v) is 6.33. The quantitative estimate of drug-likeness (QED) is 0.460. The van der Waals surface area contributed by atoms with Gasteiger partial charge >= 0.3 is 6.03 Å². The van der Waals surface area contributed by atoms with Crippen LogP contribution in [0.3, 0.4) is 0 Å². The van der Waals surface area contributed by atoms with Crippen molar-refractivity contribution in [2.45, 2.75) is 6.92 Å². The van der Waals surface area contributed by atoms with Gasteiger partial charge in [0, 0.05) is 24.1 Å². The first kappa shape index (κ1) is 19.9. The standard InChI is InChI=1S/C22H20N6O3/c1-2-30-19-6-4-3-5-18(19)25-22(29)24-16-7-9-17(10-8-16)31-21-12-11-20(26-27-21)28-14-13-23-15-28/h3-15H,2H2,1H3,(H2,24,25,29). The summed E-state index contributed by atoms with van der Waals surface area (Å²) in [7, 11) is 0. The van der Waals surface area contributed by atoms with Crippen molar-refractivity contribution in [2.24, 2.45) is 0 Å². The molecule has 0 atom stereocenters. The minimum Gasteiger partial charge on any atom is -0.492 e. The molecule has 2 N–H and O–H groups in total. The zero-order chi connectivity index (χ0) is 21.5. The smallest absolute Gasteiger partial charge is 0.323 e. The summed E-state index contributed by atoms with van der Waals surface area (Å²) in [6, 6.07) is 17.3. The molecule has 0 unspecified atom stereocenters. The van der Waals surface area contributed by atoms with Crippen molar-refractivity contribution < 1.29 is 14.3 Å². The van der Waals surface area contributed by atoms with Crippen LogP contribution in [0.4, 0.5) is 16.2 Å². The van der Waals surface area contributed by atoms with E-state index in [1.54, 1.807) is 71.8 Å². The van der Waals surface area contributed by atoms with Crippen LogP contribution in [0.25, 0.3) is 5.82 Å². The van der Waals surface area contributed by atoms with E-state index in [0.29, 0.717) is 41.2 Å². The maximum absolute atomic E-state index is 12.3. The summed E-state index contributed by atoms with van der Waals surface area (Å²) in [5, 5.41) is 13.7. The fraction of sp³-hybridized carbons (Fsp3) is 0.0909. The van der Waals surface area contributed by atoms with E-state index in [0.717, 1.165) is 0 Å². The lowest BCUT2D eigenvalue weighted by molar-refractivity contribution is 0.262. The molecule has 4 aromatic rings. The van der Waals surface area contributed by atoms with E-state index >= 15 is 0 Å². The van der Waals surface area contributed by atoms with Gasteiger partial charge in [0.2, 0.25) is 5.88 Å². The Balaban J connectivity index is 1.34. The van der Waals surface area contributed by atoms with Gasteiger partial charge in [-0.1, -0.05) is 12.1 Å². The summed E-state index contributed by atoms with van der Waals surface area (Å²) < 4.78 is 13.0. The number of para-hydroxylation sites is 2. The number of carbonyl (C=O) groups is 1. The molecule has 0 fully saturated rings. The monoisotopic (exact) mass is 416 g/mol. The van der Waals surface area contributed by atoms with Gasteiger partial charge in [0.1, 0.15) is 17.8 Å². The van der Waals surface area contributed by atoms with Gasteiger partial charge < -0.3 is 20.1 Å². The van der Waals surface area contributed by atoms with E-state index in [-0.39, 0.29) is 6.03 Å². The van der Waals surface area contributed by atoms with Crippen molar-refractivity contribution in [1.82, 2.24) is 19.7 Å². The molecule has 4 rings (SSSR count). The third-order valence-corrected chi connectivity index (χ3v) is 4.16. The Morgan fingerprint density at radius 1 is 1.00 bits per heavy atom. The minimum absolute atomic E-state index is 0.356. The molecule has 9 nitrogen and oxygen atoms in total. The highest BCUT2D eigenvalue weighted by Crippen LogP contribution is 2.25. The van der Waals surface area contributed by atoms with Crippen molar-refractivity contribution in [1.29, 1.82) is 0 Å². The van der Waals surface area contributed by atoms with E-state index in [4.69, 9.17) is 9.47 Å². The third kappa shape index (κ3) is 5.15. The zero-order valence-electron chi connectivity index (χ0n) is 16.7. The summed E-state index contributed by atoms with van der Waals surface area (Å²) in [6.45, 7) is 2.40. The Morgan fingerprint density at radius 3 is 2.55 bits per heavy atom. The van der Waals surface area contributed by atoms with Crippen LogP contribution < -0.4 is 20.1 Å². The summed E-state index contributed by atoms with van der Waals surface area (Å²) in [4.78, 5) is 16.3. The third-order valence-electron chi connectivity index (χ3n) is 4.16. The molecule has 0 radical (unpaired) electrons. The van der Waals surface area contributed by atoms with Crippen LogP contribution in [0.2, 0.25) is 0 Å². The molecule has 0 bridgehead atoms. The van der Waals surface area contributed by atoms with Crippen molar-refractivity contribution in [3.8, 4) is 23.2 Å². The molecule has 0 spiro atoms. The Hall–Kier alpha value is -4.40. The number of anilines is 2. The Labute approximate surface area is 178 Å². The van der Waals surface area contributed by atoms with Gasteiger partial charge in [-0.15, -0.1) is 10.2 Å². The first-order chi connectivity index (χ1) is 15.2. The molecule has 2 aromatic heterocycles. The first-order valence-corrected chi connectivity index (χ1v) is 9.61. The molecule has 0 aliphatic rings. The number of carbonyl (C=O) groups excluding carboxylic acids is 1. The topological polar surface area (TPSA) is 103 Å². The predicted octanol–water partition coefficient (Wildman–Crippen LogP) is 4.50. The van der Waals surface area contributed by atoms with Crippen molar-refractivity contribution in [2.75, 3.05) is 17.2 Å². The molecule has 2 aromatic carbocycles. The van der Waals surface area contributed by atoms with Gasteiger partial charge in [-0.25, -0.2) is 9.78 Å². The normalized spacial score (nSPS) is 10.4. The minimum atomic E-state index is -0.373. The second-order valence-electron chi connectivity index (χ2n) is 6.33. The largest absolute Gasteiger partial charge is 0.492 e. The number of nitrogens with zero attached hydrogens (tertiary/aromatic N) is 4. The number of urea groups is 1. The van der Waals surface area contributed by atoms with Crippen LogP contribution in [0, 0.1) is 0 Å². The molecule has 2 amide bonds. The lowest BCUT2D eigenvalue weighted by Crippen LogP contribution is -2.19. The summed E-state index contributed by atoms with van der Waals surface area (Å²) in [6.07, 6.45) is 5.09. The maximum atomic E-state index is 12.3. The van der Waals surface area contributed by atoms with Gasteiger partial charge in [-0.05, 0) is 49.4 Å².